The predicted octanol–water partition coefficient (Wildman–Crippen LogP) is 5.83. The Morgan fingerprint density at radius 2 is 1.71 bits per heavy atom. The van der Waals surface area contributed by atoms with E-state index in [1.54, 1.807) is 12.1 Å². The van der Waals surface area contributed by atoms with Crippen LogP contribution in [0.15, 0.2) is 42.5 Å². The van der Waals surface area contributed by atoms with Gasteiger partial charge in [0.05, 0.1) is 24.3 Å². The smallest absolute Gasteiger partial charge is 0.469 e. The van der Waals surface area contributed by atoms with E-state index in [0.29, 0.717) is 6.42 Å². The zero-order valence-corrected chi connectivity index (χ0v) is 22.2. The van der Waals surface area contributed by atoms with E-state index < -0.39 is 31.7 Å². The van der Waals surface area contributed by atoms with Crippen LogP contribution in [0.5, 0.6) is 5.75 Å². The molecule has 0 spiro atoms. The Bertz CT molecular complexity index is 1250. The molecule has 14 heteroatoms. The molecular formula is C24H28F4N3O5PS. The first kappa shape index (κ1) is 30.1. The monoisotopic (exact) mass is 577 g/mol. The molecule has 1 aromatic heterocycles. The number of nitrogens with two attached hydrogens (primary N) is 1. The summed E-state index contributed by atoms with van der Waals surface area (Å²) in [7, 11) is -4.77. The number of phosphoric acid groups is 1. The first-order valence-electron chi connectivity index (χ1n) is 11.7. The van der Waals surface area contributed by atoms with Gasteiger partial charge in [-0.1, -0.05) is 36.3 Å². The molecule has 0 aliphatic carbocycles. The molecule has 38 heavy (non-hydrogen) atoms. The van der Waals surface area contributed by atoms with Crippen LogP contribution in [0.3, 0.4) is 0 Å². The molecule has 2 aromatic carbocycles. The average Bonchev–Trinajstić information content (AvgIpc) is 3.34. The number of halogens is 4. The van der Waals surface area contributed by atoms with Crippen LogP contribution < -0.4 is 10.5 Å². The number of benzene rings is 2. The number of ether oxygens (including phenoxy) is 1. The number of hydrogen-bond acceptors (Lipinski definition) is 7. The Kier molecular flexibility index (Phi) is 10.0. The van der Waals surface area contributed by atoms with Crippen molar-refractivity contribution in [2.75, 3.05) is 13.2 Å². The largest absolute Gasteiger partial charge is 0.493 e. The maximum absolute atomic E-state index is 13.8. The van der Waals surface area contributed by atoms with Crippen LogP contribution in [-0.4, -0.2) is 33.2 Å². The van der Waals surface area contributed by atoms with Crippen LogP contribution in [0.1, 0.15) is 48.7 Å². The molecule has 0 fully saturated rings. The molecule has 3 aromatic rings. The van der Waals surface area contributed by atoms with Gasteiger partial charge in [0, 0.05) is 5.56 Å². The summed E-state index contributed by atoms with van der Waals surface area (Å²) in [6.07, 6.45) is -0.775. The van der Waals surface area contributed by atoms with Gasteiger partial charge in [0.1, 0.15) is 21.6 Å². The first-order valence-corrected chi connectivity index (χ1v) is 14.0. The second-order valence-corrected chi connectivity index (χ2v) is 11.2. The van der Waals surface area contributed by atoms with Crippen molar-refractivity contribution in [3.05, 3.63) is 64.4 Å². The van der Waals surface area contributed by atoms with Crippen molar-refractivity contribution < 1.29 is 41.2 Å². The van der Waals surface area contributed by atoms with Crippen LogP contribution in [0, 0.1) is 5.82 Å². The SMILES string of the molecule is C[C@](N)(COP(=O)(O)O)c1nnc(-c2ccc(OCCCCCCc3ccc(F)cc3)c(C(F)(F)F)c2)s1. The summed E-state index contributed by atoms with van der Waals surface area (Å²) in [5, 5.41) is 8.04. The number of aryl methyl sites for hydroxylation is 1. The lowest BCUT2D eigenvalue weighted by atomic mass is 10.1. The van der Waals surface area contributed by atoms with Gasteiger partial charge in [-0.2, -0.15) is 13.2 Å². The lowest BCUT2D eigenvalue weighted by Crippen LogP contribution is -2.37. The third kappa shape index (κ3) is 9.11. The van der Waals surface area contributed by atoms with Crippen molar-refractivity contribution in [3.8, 4) is 16.3 Å². The summed E-state index contributed by atoms with van der Waals surface area (Å²) < 4.78 is 75.1. The van der Waals surface area contributed by atoms with Crippen LogP contribution in [0.4, 0.5) is 17.6 Å². The molecule has 0 saturated carbocycles. The summed E-state index contributed by atoms with van der Waals surface area (Å²) in [6, 6.07) is 9.87. The van der Waals surface area contributed by atoms with Crippen molar-refractivity contribution in [1.29, 1.82) is 0 Å². The molecule has 3 rings (SSSR count). The van der Waals surface area contributed by atoms with E-state index in [4.69, 9.17) is 20.3 Å². The Hall–Kier alpha value is -2.41. The minimum atomic E-state index is -4.77. The Morgan fingerprint density at radius 3 is 2.37 bits per heavy atom. The summed E-state index contributed by atoms with van der Waals surface area (Å²) in [5.74, 6) is -0.578. The van der Waals surface area contributed by atoms with Crippen molar-refractivity contribution >= 4 is 19.2 Å². The molecule has 4 N–H and O–H groups in total. The Balaban J connectivity index is 1.58. The van der Waals surface area contributed by atoms with Gasteiger partial charge in [0.15, 0.2) is 0 Å². The van der Waals surface area contributed by atoms with Gasteiger partial charge in [0.25, 0.3) is 0 Å². The van der Waals surface area contributed by atoms with Gasteiger partial charge in [-0.05, 0) is 62.1 Å². The highest BCUT2D eigenvalue weighted by molar-refractivity contribution is 7.46. The van der Waals surface area contributed by atoms with Gasteiger partial charge in [-0.3, -0.25) is 4.52 Å². The number of unbranched alkanes of at least 4 members (excludes halogenated alkanes) is 3. The van der Waals surface area contributed by atoms with Gasteiger partial charge in [-0.15, -0.1) is 10.2 Å². The maximum atomic E-state index is 13.8. The topological polar surface area (TPSA) is 128 Å². The summed E-state index contributed by atoms with van der Waals surface area (Å²) in [5.41, 5.74) is 4.81. The quantitative estimate of drug-likeness (QED) is 0.132. The molecule has 1 heterocycles. The summed E-state index contributed by atoms with van der Waals surface area (Å²) in [4.78, 5) is 17.8. The Morgan fingerprint density at radius 1 is 1.03 bits per heavy atom. The molecule has 8 nitrogen and oxygen atoms in total. The second-order valence-electron chi connectivity index (χ2n) is 8.94. The van der Waals surface area contributed by atoms with Crippen LogP contribution >= 0.6 is 19.2 Å². The van der Waals surface area contributed by atoms with Crippen LogP contribution in [0.25, 0.3) is 10.6 Å². The fourth-order valence-electron chi connectivity index (χ4n) is 3.48. The van der Waals surface area contributed by atoms with E-state index in [1.165, 1.54) is 31.2 Å². The summed E-state index contributed by atoms with van der Waals surface area (Å²) in [6.45, 7) is 0.958. The Labute approximate surface area is 221 Å². The van der Waals surface area contributed by atoms with Gasteiger partial charge < -0.3 is 20.3 Å². The zero-order chi connectivity index (χ0) is 28.0. The second kappa shape index (κ2) is 12.6. The highest BCUT2D eigenvalue weighted by Gasteiger charge is 2.35. The third-order valence-electron chi connectivity index (χ3n) is 5.51. The van der Waals surface area contributed by atoms with Crippen LogP contribution in [0.2, 0.25) is 0 Å². The van der Waals surface area contributed by atoms with Crippen molar-refractivity contribution in [2.45, 2.75) is 50.7 Å². The molecular weight excluding hydrogens is 549 g/mol. The standard InChI is InChI=1S/C24H28F4N3O5PS/c1-23(29,15-36-37(32,33)34)22-31-30-21(38-22)17-9-12-20(19(14-17)24(26,27)28)35-13-5-3-2-4-6-16-7-10-18(25)11-8-16/h7-12,14H,2-6,13,15,29H2,1H3,(H2,32,33,34)/t23-/m0/s1. The molecule has 0 amide bonds. The molecule has 0 unspecified atom stereocenters. The lowest BCUT2D eigenvalue weighted by Gasteiger charge is -2.21. The van der Waals surface area contributed by atoms with E-state index in [9.17, 15) is 22.1 Å². The number of nitrogens with zero attached hydrogens (tertiary/aromatic N) is 2. The summed E-state index contributed by atoms with van der Waals surface area (Å²) >= 11 is 0.890. The average molecular weight is 578 g/mol. The molecule has 1 atom stereocenters. The molecule has 0 saturated heterocycles. The molecule has 0 aliphatic rings. The van der Waals surface area contributed by atoms with Gasteiger partial charge >= 0.3 is 14.0 Å². The van der Waals surface area contributed by atoms with E-state index in [1.807, 2.05) is 0 Å². The van der Waals surface area contributed by atoms with Crippen molar-refractivity contribution in [3.63, 3.8) is 0 Å². The van der Waals surface area contributed by atoms with E-state index in [2.05, 4.69) is 14.7 Å². The molecule has 208 valence electrons. The lowest BCUT2D eigenvalue weighted by molar-refractivity contribution is -0.138. The molecule has 0 radical (unpaired) electrons. The van der Waals surface area contributed by atoms with E-state index >= 15 is 0 Å². The normalized spacial score (nSPS) is 13.9. The maximum Gasteiger partial charge on any atom is 0.469 e. The van der Waals surface area contributed by atoms with Gasteiger partial charge in [-0.25, -0.2) is 8.96 Å². The minimum Gasteiger partial charge on any atom is -0.493 e. The highest BCUT2D eigenvalue weighted by atomic mass is 32.1. The van der Waals surface area contributed by atoms with Crippen molar-refractivity contribution in [2.24, 2.45) is 5.73 Å². The molecule has 0 bridgehead atoms. The molecule has 0 aliphatic heterocycles. The number of aromatic nitrogens is 2. The number of alkyl halides is 3. The minimum absolute atomic E-state index is 0.118. The number of hydrogen-bond donors (Lipinski definition) is 3. The predicted molar refractivity (Wildman–Crippen MR) is 134 cm³/mol. The fraction of sp³-hybridized carbons (Fsp3) is 0.417. The van der Waals surface area contributed by atoms with E-state index in [0.717, 1.165) is 48.6 Å². The van der Waals surface area contributed by atoms with E-state index in [-0.39, 0.29) is 33.8 Å². The first-order chi connectivity index (χ1) is 17.7. The zero-order valence-electron chi connectivity index (χ0n) is 20.4. The highest BCUT2D eigenvalue weighted by Crippen LogP contribution is 2.41. The van der Waals surface area contributed by atoms with Crippen LogP contribution in [-0.2, 0) is 27.2 Å². The fourth-order valence-corrected chi connectivity index (χ4v) is 4.80. The third-order valence-corrected chi connectivity index (χ3v) is 7.23. The van der Waals surface area contributed by atoms with Gasteiger partial charge in [0.2, 0.25) is 0 Å². The number of rotatable bonds is 13. The van der Waals surface area contributed by atoms with Crippen molar-refractivity contribution in [1.82, 2.24) is 10.2 Å². The number of phosphoric ester groups is 1.